The van der Waals surface area contributed by atoms with Gasteiger partial charge in [-0.05, 0) is 30.7 Å². The van der Waals surface area contributed by atoms with Gasteiger partial charge in [0, 0.05) is 6.54 Å². The zero-order chi connectivity index (χ0) is 13.7. The van der Waals surface area contributed by atoms with Crippen LogP contribution in [0.5, 0.6) is 0 Å². The molecule has 4 nitrogen and oxygen atoms in total. The van der Waals surface area contributed by atoms with Gasteiger partial charge >= 0.3 is 0 Å². The van der Waals surface area contributed by atoms with Crippen molar-refractivity contribution in [2.75, 3.05) is 6.54 Å². The van der Waals surface area contributed by atoms with E-state index in [1.165, 1.54) is 25.7 Å². The molecule has 0 saturated heterocycles. The van der Waals surface area contributed by atoms with Crippen LogP contribution in [0.15, 0.2) is 6.33 Å². The molecule has 1 aromatic rings. The van der Waals surface area contributed by atoms with E-state index in [0.717, 1.165) is 37.3 Å². The molecule has 0 amide bonds. The standard InChI is InChI=1S/C15H28N4/c1-12(2)10-19-15(17-11-18-19)9-16-8-14-7-5-4-6-13(14)3/h11-14,16H,4-10H2,1-3H3. The molecule has 0 radical (unpaired) electrons. The molecule has 4 heteroatoms. The third-order valence-corrected chi connectivity index (χ3v) is 4.21. The van der Waals surface area contributed by atoms with Crippen molar-refractivity contribution in [3.8, 4) is 0 Å². The molecule has 2 unspecified atom stereocenters. The van der Waals surface area contributed by atoms with Crippen LogP contribution in [0.25, 0.3) is 0 Å². The number of nitrogens with one attached hydrogen (secondary N) is 1. The predicted octanol–water partition coefficient (Wildman–Crippen LogP) is 2.85. The van der Waals surface area contributed by atoms with Crippen molar-refractivity contribution in [2.45, 2.75) is 59.5 Å². The molecule has 1 N–H and O–H groups in total. The highest BCUT2D eigenvalue weighted by Gasteiger charge is 2.20. The lowest BCUT2D eigenvalue weighted by molar-refractivity contribution is 0.246. The lowest BCUT2D eigenvalue weighted by atomic mass is 9.80. The van der Waals surface area contributed by atoms with E-state index in [1.807, 2.05) is 4.68 Å². The summed E-state index contributed by atoms with van der Waals surface area (Å²) in [5.41, 5.74) is 0. The van der Waals surface area contributed by atoms with Crippen molar-refractivity contribution in [3.63, 3.8) is 0 Å². The molecule has 1 aromatic heterocycles. The van der Waals surface area contributed by atoms with E-state index in [9.17, 15) is 0 Å². The molecule has 0 aliphatic heterocycles. The van der Waals surface area contributed by atoms with Crippen molar-refractivity contribution in [2.24, 2.45) is 17.8 Å². The van der Waals surface area contributed by atoms with Gasteiger partial charge in [-0.1, -0.05) is 40.0 Å². The fourth-order valence-corrected chi connectivity index (χ4v) is 2.99. The largest absolute Gasteiger partial charge is 0.310 e. The monoisotopic (exact) mass is 264 g/mol. The fourth-order valence-electron chi connectivity index (χ4n) is 2.99. The fraction of sp³-hybridized carbons (Fsp3) is 0.867. The highest BCUT2D eigenvalue weighted by Crippen LogP contribution is 2.28. The summed E-state index contributed by atoms with van der Waals surface area (Å²) >= 11 is 0. The quantitative estimate of drug-likeness (QED) is 0.859. The van der Waals surface area contributed by atoms with E-state index in [1.54, 1.807) is 6.33 Å². The molecule has 2 rings (SSSR count). The van der Waals surface area contributed by atoms with Crippen LogP contribution in [0.3, 0.4) is 0 Å². The summed E-state index contributed by atoms with van der Waals surface area (Å²) in [6.07, 6.45) is 7.27. The minimum absolute atomic E-state index is 0.610. The zero-order valence-corrected chi connectivity index (χ0v) is 12.6. The first kappa shape index (κ1) is 14.5. The Morgan fingerprint density at radius 2 is 2.16 bits per heavy atom. The average molecular weight is 264 g/mol. The van der Waals surface area contributed by atoms with Crippen molar-refractivity contribution in [1.29, 1.82) is 0 Å². The Hall–Kier alpha value is -0.900. The molecule has 1 aliphatic rings. The second kappa shape index (κ2) is 7.04. The van der Waals surface area contributed by atoms with E-state index in [0.29, 0.717) is 5.92 Å². The first-order valence-electron chi connectivity index (χ1n) is 7.74. The summed E-state index contributed by atoms with van der Waals surface area (Å²) < 4.78 is 2.03. The van der Waals surface area contributed by atoms with Gasteiger partial charge in [0.2, 0.25) is 0 Å². The Balaban J connectivity index is 1.77. The van der Waals surface area contributed by atoms with Gasteiger partial charge in [-0.25, -0.2) is 9.67 Å². The summed E-state index contributed by atoms with van der Waals surface area (Å²) in [6, 6.07) is 0. The van der Waals surface area contributed by atoms with Gasteiger partial charge in [0.05, 0.1) is 6.54 Å². The molecule has 1 fully saturated rings. The van der Waals surface area contributed by atoms with Crippen LogP contribution in [0.2, 0.25) is 0 Å². The van der Waals surface area contributed by atoms with Gasteiger partial charge in [-0.3, -0.25) is 0 Å². The topological polar surface area (TPSA) is 42.7 Å². The smallest absolute Gasteiger partial charge is 0.140 e. The summed E-state index contributed by atoms with van der Waals surface area (Å²) in [5.74, 6) is 3.39. The average Bonchev–Trinajstić information content (AvgIpc) is 2.78. The first-order valence-corrected chi connectivity index (χ1v) is 7.74. The van der Waals surface area contributed by atoms with E-state index in [2.05, 4.69) is 36.2 Å². The summed E-state index contributed by atoms with van der Waals surface area (Å²) in [4.78, 5) is 4.36. The third kappa shape index (κ3) is 4.30. The highest BCUT2D eigenvalue weighted by atomic mass is 15.3. The molecular weight excluding hydrogens is 236 g/mol. The zero-order valence-electron chi connectivity index (χ0n) is 12.6. The van der Waals surface area contributed by atoms with E-state index in [-0.39, 0.29) is 0 Å². The molecule has 0 spiro atoms. The van der Waals surface area contributed by atoms with Crippen LogP contribution in [0, 0.1) is 17.8 Å². The van der Waals surface area contributed by atoms with E-state index < -0.39 is 0 Å². The number of hydrogen-bond donors (Lipinski definition) is 1. The molecular formula is C15H28N4. The summed E-state index contributed by atoms with van der Waals surface area (Å²) in [7, 11) is 0. The van der Waals surface area contributed by atoms with Crippen LogP contribution < -0.4 is 5.32 Å². The molecule has 2 atom stereocenters. The van der Waals surface area contributed by atoms with Crippen molar-refractivity contribution in [1.82, 2.24) is 20.1 Å². The Labute approximate surface area is 117 Å². The SMILES string of the molecule is CC(C)Cn1ncnc1CNCC1CCCCC1C. The molecule has 1 aliphatic carbocycles. The van der Waals surface area contributed by atoms with E-state index in [4.69, 9.17) is 0 Å². The van der Waals surface area contributed by atoms with Gasteiger partial charge in [0.25, 0.3) is 0 Å². The first-order chi connectivity index (χ1) is 9.16. The second-order valence-corrected chi connectivity index (χ2v) is 6.40. The van der Waals surface area contributed by atoms with Gasteiger partial charge in [-0.2, -0.15) is 5.10 Å². The minimum Gasteiger partial charge on any atom is -0.310 e. The number of nitrogens with zero attached hydrogens (tertiary/aromatic N) is 3. The van der Waals surface area contributed by atoms with Crippen molar-refractivity contribution < 1.29 is 0 Å². The Morgan fingerprint density at radius 3 is 2.89 bits per heavy atom. The number of aromatic nitrogens is 3. The highest BCUT2D eigenvalue weighted by molar-refractivity contribution is 4.85. The van der Waals surface area contributed by atoms with Crippen LogP contribution >= 0.6 is 0 Å². The molecule has 1 heterocycles. The van der Waals surface area contributed by atoms with Crippen LogP contribution in [0.1, 0.15) is 52.3 Å². The lowest BCUT2D eigenvalue weighted by Crippen LogP contribution is -2.30. The summed E-state index contributed by atoms with van der Waals surface area (Å²) in [5, 5.41) is 7.88. The normalized spacial score (nSPS) is 24.0. The molecule has 0 aromatic carbocycles. The second-order valence-electron chi connectivity index (χ2n) is 6.40. The Morgan fingerprint density at radius 1 is 1.37 bits per heavy atom. The molecule has 0 bridgehead atoms. The van der Waals surface area contributed by atoms with Crippen LogP contribution in [0.4, 0.5) is 0 Å². The predicted molar refractivity (Wildman–Crippen MR) is 77.7 cm³/mol. The van der Waals surface area contributed by atoms with Crippen molar-refractivity contribution in [3.05, 3.63) is 12.2 Å². The Kier molecular flexibility index (Phi) is 5.37. The maximum absolute atomic E-state index is 4.36. The van der Waals surface area contributed by atoms with E-state index >= 15 is 0 Å². The molecule has 108 valence electrons. The third-order valence-electron chi connectivity index (χ3n) is 4.21. The maximum Gasteiger partial charge on any atom is 0.140 e. The molecule has 19 heavy (non-hydrogen) atoms. The molecule has 1 saturated carbocycles. The Bertz CT molecular complexity index is 372. The van der Waals surface area contributed by atoms with Crippen LogP contribution in [-0.4, -0.2) is 21.3 Å². The van der Waals surface area contributed by atoms with Gasteiger partial charge in [0.1, 0.15) is 12.2 Å². The lowest BCUT2D eigenvalue weighted by Gasteiger charge is -2.28. The van der Waals surface area contributed by atoms with Gasteiger partial charge in [-0.15, -0.1) is 0 Å². The number of rotatable bonds is 6. The minimum atomic E-state index is 0.610. The van der Waals surface area contributed by atoms with Crippen LogP contribution in [-0.2, 0) is 13.1 Å². The van der Waals surface area contributed by atoms with Crippen molar-refractivity contribution >= 4 is 0 Å². The summed E-state index contributed by atoms with van der Waals surface area (Å²) in [6.45, 7) is 9.74. The number of hydrogen-bond acceptors (Lipinski definition) is 3. The maximum atomic E-state index is 4.36. The van der Waals surface area contributed by atoms with Gasteiger partial charge in [0.15, 0.2) is 0 Å². The van der Waals surface area contributed by atoms with Gasteiger partial charge < -0.3 is 5.32 Å².